The first kappa shape index (κ1) is 27.4. The molecule has 0 unspecified atom stereocenters. The number of nitrogens with zero attached hydrogens (tertiary/aromatic N) is 1. The molecule has 4 atom stereocenters. The first-order valence-corrected chi connectivity index (χ1v) is 14.7. The second-order valence-corrected chi connectivity index (χ2v) is 14.3. The molecule has 1 aliphatic heterocycles. The summed E-state index contributed by atoms with van der Waals surface area (Å²) in [6, 6.07) is 13.4. The van der Waals surface area contributed by atoms with Crippen LogP contribution in [0.3, 0.4) is 0 Å². The summed E-state index contributed by atoms with van der Waals surface area (Å²) in [6.45, 7) is 4.83. The number of halogens is 2. The monoisotopic (exact) mass is 553 g/mol. The highest BCUT2D eigenvalue weighted by Gasteiger charge is 2.51. The number of morpholine rings is 1. The number of rotatable bonds is 8. The second kappa shape index (κ2) is 10.6. The Labute approximate surface area is 223 Å². The molecule has 9 heteroatoms. The van der Waals surface area contributed by atoms with E-state index in [2.05, 4.69) is 0 Å². The van der Waals surface area contributed by atoms with Gasteiger partial charge in [0.1, 0.15) is 12.2 Å². The van der Waals surface area contributed by atoms with Crippen molar-refractivity contribution in [3.8, 4) is 0 Å². The molecule has 36 heavy (non-hydrogen) atoms. The van der Waals surface area contributed by atoms with Crippen molar-refractivity contribution >= 4 is 38.9 Å². The number of amides is 1. The third kappa shape index (κ3) is 5.76. The van der Waals surface area contributed by atoms with Gasteiger partial charge in [-0.3, -0.25) is 4.79 Å². The van der Waals surface area contributed by atoms with Crippen molar-refractivity contribution in [2.24, 2.45) is 5.92 Å². The molecule has 2 aromatic carbocycles. The van der Waals surface area contributed by atoms with E-state index in [1.54, 1.807) is 49.9 Å². The fourth-order valence-electron chi connectivity index (χ4n) is 4.78. The Morgan fingerprint density at radius 1 is 1.06 bits per heavy atom. The van der Waals surface area contributed by atoms with Gasteiger partial charge in [0.15, 0.2) is 9.84 Å². The molecule has 196 valence electrons. The maximum absolute atomic E-state index is 14.0. The summed E-state index contributed by atoms with van der Waals surface area (Å²) >= 11 is 12.5. The molecule has 1 N–H and O–H groups in total. The minimum atomic E-state index is -3.53. The molecule has 0 radical (unpaired) electrons. The van der Waals surface area contributed by atoms with Gasteiger partial charge in [-0.25, -0.2) is 8.42 Å². The number of aliphatic hydroxyl groups is 1. The van der Waals surface area contributed by atoms with Crippen LogP contribution < -0.4 is 0 Å². The molecule has 0 aromatic heterocycles. The fraction of sp³-hybridized carbons (Fsp3) is 0.519. The van der Waals surface area contributed by atoms with E-state index in [1.807, 2.05) is 24.3 Å². The van der Waals surface area contributed by atoms with Gasteiger partial charge in [-0.1, -0.05) is 47.5 Å². The molecule has 1 amide bonds. The zero-order chi connectivity index (χ0) is 26.3. The lowest BCUT2D eigenvalue weighted by molar-refractivity contribution is -0.181. The van der Waals surface area contributed by atoms with Gasteiger partial charge in [0.2, 0.25) is 0 Å². The molecule has 0 bridgehead atoms. The lowest BCUT2D eigenvalue weighted by atomic mass is 9.89. The van der Waals surface area contributed by atoms with Crippen LogP contribution in [-0.4, -0.2) is 53.6 Å². The molecular weight excluding hydrogens is 521 g/mol. The predicted molar refractivity (Wildman–Crippen MR) is 142 cm³/mol. The summed E-state index contributed by atoms with van der Waals surface area (Å²) in [5.74, 6) is -0.359. The summed E-state index contributed by atoms with van der Waals surface area (Å²) < 4.78 is 32.2. The van der Waals surface area contributed by atoms with Crippen molar-refractivity contribution in [3.63, 3.8) is 0 Å². The predicted octanol–water partition coefficient (Wildman–Crippen LogP) is 5.38. The molecule has 6 nitrogen and oxygen atoms in total. The van der Waals surface area contributed by atoms with E-state index >= 15 is 0 Å². The minimum Gasteiger partial charge on any atom is -0.396 e. The topological polar surface area (TPSA) is 83.9 Å². The van der Waals surface area contributed by atoms with E-state index < -0.39 is 38.9 Å². The van der Waals surface area contributed by atoms with Crippen molar-refractivity contribution < 1.29 is 23.1 Å². The summed E-state index contributed by atoms with van der Waals surface area (Å²) in [6.07, 6.45) is 0.311. The highest BCUT2D eigenvalue weighted by Crippen LogP contribution is 2.48. The van der Waals surface area contributed by atoms with Crippen molar-refractivity contribution in [3.05, 3.63) is 69.7 Å². The van der Waals surface area contributed by atoms with E-state index in [4.69, 9.17) is 27.9 Å². The van der Waals surface area contributed by atoms with Gasteiger partial charge in [0.05, 0.1) is 16.5 Å². The third-order valence-electron chi connectivity index (χ3n) is 7.05. The van der Waals surface area contributed by atoms with Gasteiger partial charge in [0.25, 0.3) is 5.91 Å². The van der Waals surface area contributed by atoms with Crippen molar-refractivity contribution in [1.82, 2.24) is 4.90 Å². The average molecular weight is 555 g/mol. The molecular formula is C27H33Cl2NO5S. The van der Waals surface area contributed by atoms with Crippen LogP contribution >= 0.6 is 23.2 Å². The van der Waals surface area contributed by atoms with Crippen LogP contribution in [0.5, 0.6) is 0 Å². The fourth-order valence-corrected chi connectivity index (χ4v) is 6.48. The zero-order valence-corrected chi connectivity index (χ0v) is 23.1. The molecule has 2 fully saturated rings. The number of carbonyl (C=O) groups excluding carboxylic acids is 1. The second-order valence-electron chi connectivity index (χ2n) is 10.7. The highest BCUT2D eigenvalue weighted by molar-refractivity contribution is 7.92. The van der Waals surface area contributed by atoms with E-state index in [0.717, 1.165) is 24.0 Å². The Hall–Kier alpha value is -1.64. The van der Waals surface area contributed by atoms with Gasteiger partial charge in [0, 0.05) is 29.1 Å². The Balaban J connectivity index is 1.88. The number of aliphatic hydroxyl groups excluding tert-OH is 1. The normalized spacial score (nSPS) is 24.1. The van der Waals surface area contributed by atoms with E-state index in [9.17, 15) is 18.3 Å². The number of sulfone groups is 1. The standard InChI is InChI=1S/C27H33Cl2NO5S/c1-27(2,3)36(33,34)16-22(17-7-8-17)30-24(18-9-11-20(28)12-10-18)25(19-5-4-6-21(29)15-19)35-23(13-14-31)26(30)32/h4-6,9-12,15,17,22-25,31H,7-8,13-14,16H2,1-3H3/t22-,23+,24-,25-/m1/s1. The third-order valence-corrected chi connectivity index (χ3v) is 10.2. The molecule has 2 aliphatic rings. The number of benzene rings is 2. The summed E-state index contributed by atoms with van der Waals surface area (Å²) in [5, 5.41) is 10.8. The summed E-state index contributed by atoms with van der Waals surface area (Å²) in [4.78, 5) is 15.7. The van der Waals surface area contributed by atoms with Crippen LogP contribution in [0.4, 0.5) is 0 Å². The average Bonchev–Trinajstić information content (AvgIpc) is 3.64. The first-order chi connectivity index (χ1) is 16.9. The van der Waals surface area contributed by atoms with E-state index in [0.29, 0.717) is 10.0 Å². The maximum atomic E-state index is 14.0. The molecule has 2 aromatic rings. The Bertz CT molecular complexity index is 1190. The SMILES string of the molecule is CC(C)(C)S(=O)(=O)C[C@H](C1CC1)N1C(=O)[C@H](CCO)O[C@H](c2cccc(Cl)c2)[C@H]1c1ccc(Cl)cc1. The maximum Gasteiger partial charge on any atom is 0.252 e. The zero-order valence-electron chi connectivity index (χ0n) is 20.7. The quantitative estimate of drug-likeness (QED) is 0.474. The number of hydrogen-bond donors (Lipinski definition) is 1. The lowest BCUT2D eigenvalue weighted by Gasteiger charge is -2.48. The van der Waals surface area contributed by atoms with Gasteiger partial charge in [-0.2, -0.15) is 0 Å². The van der Waals surface area contributed by atoms with E-state index in [-0.39, 0.29) is 30.6 Å². The lowest BCUT2D eigenvalue weighted by Crippen LogP contribution is -2.57. The molecule has 1 saturated carbocycles. The van der Waals surface area contributed by atoms with E-state index in [1.165, 1.54) is 0 Å². The van der Waals surface area contributed by atoms with Crippen molar-refractivity contribution in [2.45, 2.75) is 69.1 Å². The van der Waals surface area contributed by atoms with Gasteiger partial charge in [-0.15, -0.1) is 0 Å². The van der Waals surface area contributed by atoms with Gasteiger partial charge < -0.3 is 14.7 Å². The molecule has 1 heterocycles. The highest BCUT2D eigenvalue weighted by atomic mass is 35.5. The van der Waals surface area contributed by atoms with Crippen LogP contribution in [0.2, 0.25) is 10.0 Å². The largest absolute Gasteiger partial charge is 0.396 e. The first-order valence-electron chi connectivity index (χ1n) is 12.2. The Morgan fingerprint density at radius 3 is 2.28 bits per heavy atom. The molecule has 1 aliphatic carbocycles. The van der Waals surface area contributed by atoms with Crippen LogP contribution in [-0.2, 0) is 19.4 Å². The van der Waals surface area contributed by atoms with Crippen LogP contribution in [0.15, 0.2) is 48.5 Å². The molecule has 1 saturated heterocycles. The van der Waals surface area contributed by atoms with Gasteiger partial charge in [-0.05, 0) is 74.9 Å². The summed E-state index contributed by atoms with van der Waals surface area (Å²) in [7, 11) is -3.53. The van der Waals surface area contributed by atoms with Crippen molar-refractivity contribution in [2.75, 3.05) is 12.4 Å². The Kier molecular flexibility index (Phi) is 8.08. The minimum absolute atomic E-state index is 0.0776. The molecule has 0 spiro atoms. The van der Waals surface area contributed by atoms with Crippen LogP contribution in [0.1, 0.15) is 63.3 Å². The van der Waals surface area contributed by atoms with Crippen LogP contribution in [0.25, 0.3) is 0 Å². The smallest absolute Gasteiger partial charge is 0.252 e. The van der Waals surface area contributed by atoms with Crippen LogP contribution in [0, 0.1) is 5.92 Å². The number of ether oxygens (including phenoxy) is 1. The van der Waals surface area contributed by atoms with Crippen molar-refractivity contribution in [1.29, 1.82) is 0 Å². The Morgan fingerprint density at radius 2 is 1.72 bits per heavy atom. The summed E-state index contributed by atoms with van der Waals surface area (Å²) in [5.41, 5.74) is 1.56. The number of carbonyl (C=O) groups is 1. The number of hydrogen-bond acceptors (Lipinski definition) is 5. The van der Waals surface area contributed by atoms with Gasteiger partial charge >= 0.3 is 0 Å². The molecule has 4 rings (SSSR count).